The minimum Gasteiger partial charge on any atom is -0.411 e. The van der Waals surface area contributed by atoms with Crippen molar-refractivity contribution in [3.05, 3.63) is 64.8 Å². The molecule has 0 aliphatic carbocycles. The van der Waals surface area contributed by atoms with E-state index < -0.39 is 0 Å². The van der Waals surface area contributed by atoms with Crippen LogP contribution >= 0.6 is 23.1 Å². The van der Waals surface area contributed by atoms with E-state index in [-0.39, 0.29) is 22.7 Å². The average Bonchev–Trinajstić information content (AvgIpc) is 3.37. The lowest BCUT2D eigenvalue weighted by atomic mass is 10.0. The fourth-order valence-corrected chi connectivity index (χ4v) is 4.61. The number of nitrogens with two attached hydrogens (primary N) is 1. The molecular weight excluding hydrogens is 449 g/mol. The number of rotatable bonds is 6. The fourth-order valence-electron chi connectivity index (χ4n) is 3.00. The normalized spacial score (nSPS) is 10.7. The molecule has 0 fully saturated rings. The summed E-state index contributed by atoms with van der Waals surface area (Å²) in [6.45, 7) is 1.85. The quantitative estimate of drug-likeness (QED) is 0.300. The molecule has 0 radical (unpaired) electrons. The average molecular weight is 466 g/mol. The van der Waals surface area contributed by atoms with Crippen molar-refractivity contribution in [2.24, 2.45) is 0 Å². The third kappa shape index (κ3) is 4.64. The summed E-state index contributed by atoms with van der Waals surface area (Å²) in [5.41, 5.74) is 8.78. The Labute approximate surface area is 191 Å². The SMILES string of the molecule is Cc1sc(NC(=O)CSc2nnc(-c3ccc(N)cc3)o2)c(C#N)c1-c1ccc(F)cc1. The van der Waals surface area contributed by atoms with Crippen molar-refractivity contribution in [3.8, 4) is 28.7 Å². The van der Waals surface area contributed by atoms with Gasteiger partial charge in [0.25, 0.3) is 5.22 Å². The highest BCUT2D eigenvalue weighted by Gasteiger charge is 2.19. The predicted octanol–water partition coefficient (Wildman–Crippen LogP) is 5.10. The van der Waals surface area contributed by atoms with Crippen molar-refractivity contribution in [2.45, 2.75) is 12.1 Å². The number of benzene rings is 2. The van der Waals surface area contributed by atoms with Gasteiger partial charge in [-0.1, -0.05) is 23.9 Å². The smallest absolute Gasteiger partial charge is 0.277 e. The molecule has 4 rings (SSSR count). The molecule has 0 bridgehead atoms. The number of nitrogens with zero attached hydrogens (tertiary/aromatic N) is 3. The molecule has 0 saturated carbocycles. The van der Waals surface area contributed by atoms with Gasteiger partial charge in [0.05, 0.1) is 11.3 Å². The maximum Gasteiger partial charge on any atom is 0.277 e. The highest BCUT2D eigenvalue weighted by Crippen LogP contribution is 2.39. The number of aryl methyl sites for hydroxylation is 1. The summed E-state index contributed by atoms with van der Waals surface area (Å²) >= 11 is 2.39. The van der Waals surface area contributed by atoms with Gasteiger partial charge in [-0.3, -0.25) is 4.79 Å². The van der Waals surface area contributed by atoms with E-state index in [4.69, 9.17) is 10.2 Å². The lowest BCUT2D eigenvalue weighted by molar-refractivity contribution is -0.113. The predicted molar refractivity (Wildman–Crippen MR) is 123 cm³/mol. The molecule has 0 saturated heterocycles. The number of carbonyl (C=O) groups excluding carboxylic acids is 1. The number of anilines is 2. The van der Waals surface area contributed by atoms with E-state index in [0.717, 1.165) is 22.2 Å². The molecule has 10 heteroatoms. The molecule has 4 aromatic rings. The molecule has 3 N–H and O–H groups in total. The molecule has 7 nitrogen and oxygen atoms in total. The number of nitrogen functional groups attached to an aromatic ring is 1. The first-order chi connectivity index (χ1) is 15.4. The first-order valence-electron chi connectivity index (χ1n) is 9.36. The van der Waals surface area contributed by atoms with Gasteiger partial charge in [0.15, 0.2) is 0 Å². The number of hydrogen-bond donors (Lipinski definition) is 2. The van der Waals surface area contributed by atoms with Crippen LogP contribution in [0.3, 0.4) is 0 Å². The molecule has 2 aromatic carbocycles. The van der Waals surface area contributed by atoms with E-state index in [1.807, 2.05) is 6.92 Å². The van der Waals surface area contributed by atoms with Gasteiger partial charge < -0.3 is 15.5 Å². The molecule has 0 aliphatic rings. The van der Waals surface area contributed by atoms with Crippen LogP contribution in [0.5, 0.6) is 0 Å². The first kappa shape index (κ1) is 21.5. The van der Waals surface area contributed by atoms with Gasteiger partial charge in [-0.25, -0.2) is 4.39 Å². The molecule has 160 valence electrons. The number of thiophene rings is 1. The molecular formula is C22H16FN5O2S2. The van der Waals surface area contributed by atoms with Crippen molar-refractivity contribution in [3.63, 3.8) is 0 Å². The van der Waals surface area contributed by atoms with Gasteiger partial charge in [-0.05, 0) is 48.9 Å². The Morgan fingerprint density at radius 1 is 1.19 bits per heavy atom. The Morgan fingerprint density at radius 2 is 1.88 bits per heavy atom. The van der Waals surface area contributed by atoms with Crippen LogP contribution in [-0.4, -0.2) is 21.9 Å². The molecule has 2 aromatic heterocycles. The molecule has 0 atom stereocenters. The van der Waals surface area contributed by atoms with Crippen molar-refractivity contribution in [2.75, 3.05) is 16.8 Å². The number of hydrogen-bond acceptors (Lipinski definition) is 8. The summed E-state index contributed by atoms with van der Waals surface area (Å²) in [7, 11) is 0. The van der Waals surface area contributed by atoms with Crippen molar-refractivity contribution < 1.29 is 13.6 Å². The van der Waals surface area contributed by atoms with Gasteiger partial charge in [0.1, 0.15) is 16.9 Å². The van der Waals surface area contributed by atoms with E-state index >= 15 is 0 Å². The van der Waals surface area contributed by atoms with Gasteiger partial charge >= 0.3 is 0 Å². The van der Waals surface area contributed by atoms with E-state index in [2.05, 4.69) is 21.6 Å². The summed E-state index contributed by atoms with van der Waals surface area (Å²) in [5, 5.41) is 21.1. The monoisotopic (exact) mass is 465 g/mol. The Hall–Kier alpha value is -3.68. The number of nitriles is 1. The van der Waals surface area contributed by atoms with Gasteiger partial charge in [-0.15, -0.1) is 21.5 Å². The lowest BCUT2D eigenvalue weighted by Gasteiger charge is -2.03. The number of aromatic nitrogens is 2. The molecule has 0 aliphatic heterocycles. The maximum absolute atomic E-state index is 13.3. The zero-order chi connectivity index (χ0) is 22.7. The summed E-state index contributed by atoms with van der Waals surface area (Å²) in [6, 6.07) is 15.1. The van der Waals surface area contributed by atoms with Crippen LogP contribution in [0.15, 0.2) is 58.2 Å². The summed E-state index contributed by atoms with van der Waals surface area (Å²) < 4.78 is 18.8. The van der Waals surface area contributed by atoms with Crippen LogP contribution in [0, 0.1) is 24.1 Å². The lowest BCUT2D eigenvalue weighted by Crippen LogP contribution is -2.13. The van der Waals surface area contributed by atoms with E-state index in [1.165, 1.54) is 23.5 Å². The van der Waals surface area contributed by atoms with Crippen molar-refractivity contribution in [1.82, 2.24) is 10.2 Å². The Morgan fingerprint density at radius 3 is 2.56 bits per heavy atom. The fraction of sp³-hybridized carbons (Fsp3) is 0.0909. The minimum atomic E-state index is -0.355. The minimum absolute atomic E-state index is 0.0249. The topological polar surface area (TPSA) is 118 Å². The highest BCUT2D eigenvalue weighted by molar-refractivity contribution is 7.99. The first-order valence-corrected chi connectivity index (χ1v) is 11.2. The van der Waals surface area contributed by atoms with Gasteiger partial charge in [0.2, 0.25) is 11.8 Å². The molecule has 0 unspecified atom stereocenters. The van der Waals surface area contributed by atoms with Crippen molar-refractivity contribution in [1.29, 1.82) is 5.26 Å². The second kappa shape index (κ2) is 9.21. The summed E-state index contributed by atoms with van der Waals surface area (Å²) in [5.74, 6) is -0.314. The molecule has 2 heterocycles. The number of carbonyl (C=O) groups is 1. The number of halogens is 1. The molecule has 1 amide bonds. The van der Waals surface area contributed by atoms with E-state index in [0.29, 0.717) is 33.3 Å². The third-order valence-corrected chi connectivity index (χ3v) is 6.31. The van der Waals surface area contributed by atoms with Crippen LogP contribution in [-0.2, 0) is 4.79 Å². The zero-order valence-corrected chi connectivity index (χ0v) is 18.4. The largest absolute Gasteiger partial charge is 0.411 e. The van der Waals surface area contributed by atoms with E-state index in [9.17, 15) is 14.4 Å². The van der Waals surface area contributed by atoms with Crippen LogP contribution < -0.4 is 11.1 Å². The van der Waals surface area contributed by atoms with Crippen LogP contribution in [0.1, 0.15) is 10.4 Å². The second-order valence-electron chi connectivity index (χ2n) is 6.69. The van der Waals surface area contributed by atoms with Gasteiger partial charge in [0, 0.05) is 21.7 Å². The summed E-state index contributed by atoms with van der Waals surface area (Å²) in [4.78, 5) is 13.3. The number of thioether (sulfide) groups is 1. The second-order valence-corrected chi connectivity index (χ2v) is 8.84. The Balaban J connectivity index is 1.44. The zero-order valence-electron chi connectivity index (χ0n) is 16.8. The highest BCUT2D eigenvalue weighted by atomic mass is 32.2. The van der Waals surface area contributed by atoms with E-state index in [1.54, 1.807) is 36.4 Å². The summed E-state index contributed by atoms with van der Waals surface area (Å²) in [6.07, 6.45) is 0. The maximum atomic E-state index is 13.3. The van der Waals surface area contributed by atoms with Crippen LogP contribution in [0.25, 0.3) is 22.6 Å². The Bertz CT molecular complexity index is 1310. The third-order valence-electron chi connectivity index (χ3n) is 4.47. The molecule has 32 heavy (non-hydrogen) atoms. The standard InChI is InChI=1S/C22H16FN5O2S2/c1-12-19(13-2-6-15(23)7-3-13)17(10-24)21(32-12)26-18(29)11-31-22-28-27-20(30-22)14-4-8-16(25)9-5-14/h2-9H,11,25H2,1H3,(H,26,29). The Kier molecular flexibility index (Phi) is 6.20. The number of nitrogens with one attached hydrogen (secondary N) is 1. The van der Waals surface area contributed by atoms with Crippen LogP contribution in [0.2, 0.25) is 0 Å². The van der Waals surface area contributed by atoms with Crippen molar-refractivity contribution >= 4 is 39.7 Å². The number of amides is 1. The van der Waals surface area contributed by atoms with Gasteiger partial charge in [-0.2, -0.15) is 5.26 Å². The molecule has 0 spiro atoms. The van der Waals surface area contributed by atoms with Crippen LogP contribution in [0.4, 0.5) is 15.1 Å².